The Balaban J connectivity index is 1.69. The molecule has 6 nitrogen and oxygen atoms in total. The van der Waals surface area contributed by atoms with Crippen LogP contribution >= 0.6 is 23.5 Å². The van der Waals surface area contributed by atoms with Crippen molar-refractivity contribution in [1.82, 2.24) is 5.32 Å². The highest BCUT2D eigenvalue weighted by atomic mass is 32.2. The third-order valence-electron chi connectivity index (χ3n) is 4.31. The third-order valence-corrected chi connectivity index (χ3v) is 7.44. The number of esters is 1. The summed E-state index contributed by atoms with van der Waals surface area (Å²) in [5.41, 5.74) is 6.68. The number of nitrogens with one attached hydrogen (secondary N) is 1. The van der Waals surface area contributed by atoms with Gasteiger partial charge in [-0.15, -0.1) is 11.8 Å². The van der Waals surface area contributed by atoms with Gasteiger partial charge in [-0.25, -0.2) is 0 Å². The second-order valence-electron chi connectivity index (χ2n) is 5.96. The summed E-state index contributed by atoms with van der Waals surface area (Å²) >= 11 is 3.25. The monoisotopic (exact) mass is 368 g/mol. The molecule has 0 aromatic heterocycles. The molecule has 2 saturated heterocycles. The zero-order valence-electron chi connectivity index (χ0n) is 13.0. The number of aliphatic carboxylic acids is 1. The number of carboxylic acids is 1. The maximum Gasteiger partial charge on any atom is 0.324 e. The average molecular weight is 368 g/mol. The largest absolute Gasteiger partial charge is 0.480 e. The minimum absolute atomic E-state index is 0.210. The zero-order valence-corrected chi connectivity index (χ0v) is 14.6. The predicted molar refractivity (Wildman–Crippen MR) is 94.8 cm³/mol. The van der Waals surface area contributed by atoms with Crippen LogP contribution in [0.4, 0.5) is 0 Å². The van der Waals surface area contributed by atoms with Gasteiger partial charge in [0.15, 0.2) is 0 Å². The van der Waals surface area contributed by atoms with Crippen LogP contribution in [0.5, 0.6) is 0 Å². The van der Waals surface area contributed by atoms with Gasteiger partial charge < -0.3 is 15.6 Å². The number of carbonyl (C=O) groups excluding carboxylic acids is 1. The van der Waals surface area contributed by atoms with Crippen LogP contribution in [0.25, 0.3) is 0 Å². The van der Waals surface area contributed by atoms with E-state index in [9.17, 15) is 9.59 Å². The number of carbonyl (C=O) groups is 2. The van der Waals surface area contributed by atoms with Crippen molar-refractivity contribution in [2.75, 3.05) is 11.5 Å². The van der Waals surface area contributed by atoms with E-state index in [1.54, 1.807) is 11.8 Å². The quantitative estimate of drug-likeness (QED) is 0.663. The molecule has 0 amide bonds. The molecule has 4 atom stereocenters. The lowest BCUT2D eigenvalue weighted by Crippen LogP contribution is -2.52. The van der Waals surface area contributed by atoms with Gasteiger partial charge in [-0.3, -0.25) is 14.9 Å². The molecule has 0 bridgehead atoms. The van der Waals surface area contributed by atoms with Crippen molar-refractivity contribution in [2.45, 2.75) is 35.2 Å². The number of nitrogens with two attached hydrogens (primary N) is 1. The van der Waals surface area contributed by atoms with Gasteiger partial charge in [-0.1, -0.05) is 30.3 Å². The molecule has 24 heavy (non-hydrogen) atoms. The average Bonchev–Trinajstić information content (AvgIpc) is 3.21. The fraction of sp³-hybridized carbons (Fsp3) is 0.500. The summed E-state index contributed by atoms with van der Waals surface area (Å²) in [7, 11) is 0. The molecule has 2 heterocycles. The molecule has 2 aliphatic heterocycles. The second kappa shape index (κ2) is 7.35. The second-order valence-corrected chi connectivity index (χ2v) is 8.62. The SMILES string of the molecule is NC(C(=O)O)C1NC(C(=O)OCc2ccccc2)C2(CCSC2)S1. The highest BCUT2D eigenvalue weighted by molar-refractivity contribution is 8.05. The van der Waals surface area contributed by atoms with Crippen LogP contribution in [0.15, 0.2) is 30.3 Å². The van der Waals surface area contributed by atoms with E-state index in [1.165, 1.54) is 11.8 Å². The Hall–Kier alpha value is -1.22. The number of benzene rings is 1. The topological polar surface area (TPSA) is 102 Å². The van der Waals surface area contributed by atoms with Crippen LogP contribution in [0.2, 0.25) is 0 Å². The summed E-state index contributed by atoms with van der Waals surface area (Å²) in [6.07, 6.45) is 0.837. The van der Waals surface area contributed by atoms with Gasteiger partial charge >= 0.3 is 11.9 Å². The molecule has 4 unspecified atom stereocenters. The normalized spacial score (nSPS) is 30.4. The highest BCUT2D eigenvalue weighted by Crippen LogP contribution is 2.49. The first-order valence-corrected chi connectivity index (χ1v) is 9.76. The van der Waals surface area contributed by atoms with Crippen LogP contribution in [0.1, 0.15) is 12.0 Å². The van der Waals surface area contributed by atoms with Crippen molar-refractivity contribution in [3.63, 3.8) is 0 Å². The Bertz CT molecular complexity index is 607. The standard InChI is InChI=1S/C16H20N2O4S2/c17-11(14(19)20)13-18-12(16(24-13)6-7-23-9-16)15(21)22-8-10-4-2-1-3-5-10/h1-5,11-13,18H,6-9,17H2,(H,19,20). The first-order chi connectivity index (χ1) is 11.5. The first kappa shape index (κ1) is 17.6. The van der Waals surface area contributed by atoms with Crippen molar-refractivity contribution in [3.8, 4) is 0 Å². The summed E-state index contributed by atoms with van der Waals surface area (Å²) in [6, 6.07) is 7.90. The van der Waals surface area contributed by atoms with Crippen molar-refractivity contribution in [3.05, 3.63) is 35.9 Å². The molecule has 0 radical (unpaired) electrons. The van der Waals surface area contributed by atoms with Gasteiger partial charge in [0.05, 0.1) is 10.1 Å². The minimum atomic E-state index is -1.07. The van der Waals surface area contributed by atoms with Crippen LogP contribution in [0, 0.1) is 0 Å². The number of ether oxygens (including phenoxy) is 1. The molecule has 130 valence electrons. The molecule has 0 saturated carbocycles. The summed E-state index contributed by atoms with van der Waals surface area (Å²) < 4.78 is 5.14. The first-order valence-electron chi connectivity index (χ1n) is 7.72. The predicted octanol–water partition coefficient (Wildman–Crippen LogP) is 1.05. The minimum Gasteiger partial charge on any atom is -0.480 e. The van der Waals surface area contributed by atoms with E-state index in [0.29, 0.717) is 0 Å². The maximum atomic E-state index is 12.6. The Morgan fingerprint density at radius 2 is 2.17 bits per heavy atom. The van der Waals surface area contributed by atoms with Crippen LogP contribution in [0.3, 0.4) is 0 Å². The number of hydrogen-bond acceptors (Lipinski definition) is 7. The molecule has 0 aliphatic carbocycles. The van der Waals surface area contributed by atoms with E-state index in [1.807, 2.05) is 30.3 Å². The van der Waals surface area contributed by atoms with E-state index in [-0.39, 0.29) is 17.3 Å². The Labute approximate surface area is 148 Å². The molecule has 2 fully saturated rings. The number of carboxylic acid groups (broad SMARTS) is 1. The molecule has 1 aromatic rings. The van der Waals surface area contributed by atoms with E-state index in [4.69, 9.17) is 15.6 Å². The zero-order chi connectivity index (χ0) is 17.2. The van der Waals surface area contributed by atoms with Gasteiger partial charge in [-0.2, -0.15) is 11.8 Å². The molecule has 4 N–H and O–H groups in total. The van der Waals surface area contributed by atoms with Crippen molar-refractivity contribution >= 4 is 35.5 Å². The Morgan fingerprint density at radius 3 is 2.79 bits per heavy atom. The molecule has 1 aromatic carbocycles. The smallest absolute Gasteiger partial charge is 0.324 e. The molecule has 3 rings (SSSR count). The van der Waals surface area contributed by atoms with E-state index < -0.39 is 23.4 Å². The Morgan fingerprint density at radius 1 is 1.42 bits per heavy atom. The van der Waals surface area contributed by atoms with Crippen LogP contribution in [-0.4, -0.2) is 50.8 Å². The summed E-state index contributed by atoms with van der Waals surface area (Å²) in [6.45, 7) is 0.210. The lowest BCUT2D eigenvalue weighted by molar-refractivity contribution is -0.148. The fourth-order valence-electron chi connectivity index (χ4n) is 2.96. The van der Waals surface area contributed by atoms with Crippen LogP contribution < -0.4 is 11.1 Å². The van der Waals surface area contributed by atoms with Gasteiger partial charge in [0.2, 0.25) is 0 Å². The van der Waals surface area contributed by atoms with Gasteiger partial charge in [0.1, 0.15) is 18.7 Å². The highest BCUT2D eigenvalue weighted by Gasteiger charge is 2.55. The van der Waals surface area contributed by atoms with Gasteiger partial charge in [-0.05, 0) is 17.7 Å². The van der Waals surface area contributed by atoms with Crippen molar-refractivity contribution < 1.29 is 19.4 Å². The molecule has 1 spiro atoms. The third kappa shape index (κ3) is 3.56. The maximum absolute atomic E-state index is 12.6. The summed E-state index contributed by atoms with van der Waals surface area (Å²) in [5, 5.41) is 11.8. The van der Waals surface area contributed by atoms with Gasteiger partial charge in [0.25, 0.3) is 0 Å². The number of hydrogen-bond donors (Lipinski definition) is 3. The number of rotatable bonds is 5. The van der Waals surface area contributed by atoms with Gasteiger partial charge in [0, 0.05) is 5.75 Å². The van der Waals surface area contributed by atoms with E-state index in [2.05, 4.69) is 5.32 Å². The Kier molecular flexibility index (Phi) is 5.39. The molecular formula is C16H20N2O4S2. The van der Waals surface area contributed by atoms with Crippen molar-refractivity contribution in [1.29, 1.82) is 0 Å². The molecular weight excluding hydrogens is 348 g/mol. The lowest BCUT2D eigenvalue weighted by atomic mass is 9.98. The van der Waals surface area contributed by atoms with Crippen molar-refractivity contribution in [2.24, 2.45) is 5.73 Å². The molecule has 8 heteroatoms. The lowest BCUT2D eigenvalue weighted by Gasteiger charge is -2.26. The van der Waals surface area contributed by atoms with E-state index in [0.717, 1.165) is 23.5 Å². The summed E-state index contributed by atoms with van der Waals surface area (Å²) in [4.78, 5) is 23.8. The number of thioether (sulfide) groups is 2. The fourth-order valence-corrected chi connectivity index (χ4v) is 6.41. The molecule has 2 aliphatic rings. The van der Waals surface area contributed by atoms with E-state index >= 15 is 0 Å². The summed E-state index contributed by atoms with van der Waals surface area (Å²) in [5.74, 6) is 0.332. The van der Waals surface area contributed by atoms with Crippen LogP contribution in [-0.2, 0) is 20.9 Å².